The van der Waals surface area contributed by atoms with Gasteiger partial charge < -0.3 is 20.3 Å². The molecule has 1 unspecified atom stereocenters. The van der Waals surface area contributed by atoms with Gasteiger partial charge in [0.1, 0.15) is 5.60 Å². The summed E-state index contributed by atoms with van der Waals surface area (Å²) in [6, 6.07) is 8.80. The number of aliphatic imine (C=N–C) groups is 1. The number of carbonyl (C=O) groups is 1. The maximum Gasteiger partial charge on any atom is 0.410 e. The topological polar surface area (TPSA) is 66.0 Å². The van der Waals surface area contributed by atoms with Gasteiger partial charge in [-0.2, -0.15) is 0 Å². The van der Waals surface area contributed by atoms with Crippen molar-refractivity contribution in [1.29, 1.82) is 0 Å². The van der Waals surface area contributed by atoms with E-state index in [0.29, 0.717) is 19.0 Å². The predicted octanol–water partition coefficient (Wildman–Crippen LogP) is 2.11. The summed E-state index contributed by atoms with van der Waals surface area (Å²) >= 11 is 0. The van der Waals surface area contributed by atoms with Crippen molar-refractivity contribution in [2.24, 2.45) is 4.99 Å². The number of nitrogens with one attached hydrogen (secondary N) is 2. The van der Waals surface area contributed by atoms with Gasteiger partial charge in [-0.15, -0.1) is 0 Å². The molecule has 1 aromatic carbocycles. The summed E-state index contributed by atoms with van der Waals surface area (Å²) in [6.45, 7) is 7.79. The zero-order valence-electron chi connectivity index (χ0n) is 15.5. The third kappa shape index (κ3) is 4.24. The Balaban J connectivity index is 1.39. The number of hydrogen-bond donors (Lipinski definition) is 2. The molecule has 2 aliphatic rings. The Morgan fingerprint density at radius 1 is 1.32 bits per heavy atom. The number of likely N-dealkylation sites (tertiary alicyclic amines) is 1. The number of rotatable bonds is 3. The molecule has 6 heteroatoms. The van der Waals surface area contributed by atoms with Crippen LogP contribution in [0.2, 0.25) is 0 Å². The van der Waals surface area contributed by atoms with Crippen LogP contribution in [0.5, 0.6) is 0 Å². The highest BCUT2D eigenvalue weighted by Gasteiger charge is 2.34. The molecule has 1 aromatic rings. The Bertz CT molecular complexity index is 660. The molecule has 0 bridgehead atoms. The zero-order valence-corrected chi connectivity index (χ0v) is 15.5. The lowest BCUT2D eigenvalue weighted by Gasteiger charge is -2.40. The SMILES string of the molecule is CN=C(NCC1Cc2ccccc21)NC1CN(C(=O)OC(C)(C)C)C1. The van der Waals surface area contributed by atoms with Gasteiger partial charge in [-0.05, 0) is 38.3 Å². The number of hydrogen-bond acceptors (Lipinski definition) is 3. The third-order valence-electron chi connectivity index (χ3n) is 4.57. The second kappa shape index (κ2) is 6.94. The Morgan fingerprint density at radius 3 is 2.68 bits per heavy atom. The van der Waals surface area contributed by atoms with E-state index in [1.165, 1.54) is 11.1 Å². The van der Waals surface area contributed by atoms with E-state index in [4.69, 9.17) is 4.74 Å². The molecule has 0 aromatic heterocycles. The number of guanidine groups is 1. The van der Waals surface area contributed by atoms with Gasteiger partial charge in [0.05, 0.1) is 6.04 Å². The van der Waals surface area contributed by atoms with Crippen LogP contribution in [0.1, 0.15) is 37.8 Å². The first-order valence-corrected chi connectivity index (χ1v) is 8.88. The van der Waals surface area contributed by atoms with Crippen molar-refractivity contribution in [1.82, 2.24) is 15.5 Å². The fourth-order valence-electron chi connectivity index (χ4n) is 3.20. The lowest BCUT2D eigenvalue weighted by atomic mass is 9.78. The minimum absolute atomic E-state index is 0.215. The molecule has 0 spiro atoms. The van der Waals surface area contributed by atoms with E-state index < -0.39 is 5.60 Å². The van der Waals surface area contributed by atoms with Crippen LogP contribution in [0.4, 0.5) is 4.79 Å². The summed E-state index contributed by atoms with van der Waals surface area (Å²) in [7, 11) is 1.77. The fourth-order valence-corrected chi connectivity index (χ4v) is 3.20. The molecule has 1 aliphatic carbocycles. The number of benzene rings is 1. The molecule has 1 atom stereocenters. The molecule has 2 N–H and O–H groups in total. The Kier molecular flexibility index (Phi) is 4.88. The Labute approximate surface area is 149 Å². The smallest absolute Gasteiger partial charge is 0.410 e. The molecule has 3 rings (SSSR count). The van der Waals surface area contributed by atoms with Crippen LogP contribution < -0.4 is 10.6 Å². The monoisotopic (exact) mass is 344 g/mol. The van der Waals surface area contributed by atoms with Crippen LogP contribution in [0.15, 0.2) is 29.3 Å². The first kappa shape index (κ1) is 17.6. The fraction of sp³-hybridized carbons (Fsp3) is 0.579. The third-order valence-corrected chi connectivity index (χ3v) is 4.57. The summed E-state index contributed by atoms with van der Waals surface area (Å²) in [5.74, 6) is 1.34. The average Bonchev–Trinajstić information content (AvgIpc) is 2.47. The van der Waals surface area contributed by atoms with Crippen LogP contribution in [0.25, 0.3) is 0 Å². The minimum Gasteiger partial charge on any atom is -0.444 e. The van der Waals surface area contributed by atoms with Crippen LogP contribution >= 0.6 is 0 Å². The van der Waals surface area contributed by atoms with Crippen LogP contribution in [0, 0.1) is 0 Å². The highest BCUT2D eigenvalue weighted by molar-refractivity contribution is 5.80. The van der Waals surface area contributed by atoms with E-state index in [0.717, 1.165) is 18.9 Å². The summed E-state index contributed by atoms with van der Waals surface area (Å²) in [5, 5.41) is 6.77. The second-order valence-corrected chi connectivity index (χ2v) is 7.78. The maximum absolute atomic E-state index is 12.0. The van der Waals surface area contributed by atoms with E-state index in [-0.39, 0.29) is 12.1 Å². The first-order valence-electron chi connectivity index (χ1n) is 8.88. The number of carbonyl (C=O) groups excluding carboxylic acids is 1. The highest BCUT2D eigenvalue weighted by atomic mass is 16.6. The summed E-state index contributed by atoms with van der Waals surface area (Å²) in [6.07, 6.45) is 0.871. The molecule has 1 aliphatic heterocycles. The van der Waals surface area contributed by atoms with Gasteiger partial charge in [-0.25, -0.2) is 4.79 Å². The van der Waals surface area contributed by atoms with Crippen molar-refractivity contribution >= 4 is 12.1 Å². The van der Waals surface area contributed by atoms with Gasteiger partial charge in [-0.1, -0.05) is 24.3 Å². The standard InChI is InChI=1S/C19H28N4O2/c1-19(2,3)25-18(24)23-11-15(12-23)22-17(20-4)21-10-14-9-13-7-5-6-8-16(13)14/h5-8,14-15H,9-12H2,1-4H3,(H2,20,21,22). The minimum atomic E-state index is -0.452. The second-order valence-electron chi connectivity index (χ2n) is 7.78. The first-order chi connectivity index (χ1) is 11.9. The normalized spacial score (nSPS) is 20.2. The van der Waals surface area contributed by atoms with Crippen molar-refractivity contribution in [3.8, 4) is 0 Å². The highest BCUT2D eigenvalue weighted by Crippen LogP contribution is 2.33. The average molecular weight is 344 g/mol. The number of amides is 1. The zero-order chi connectivity index (χ0) is 18.0. The molecule has 25 heavy (non-hydrogen) atoms. The molecule has 1 heterocycles. The van der Waals surface area contributed by atoms with Crippen LogP contribution in [0.3, 0.4) is 0 Å². The summed E-state index contributed by atoms with van der Waals surface area (Å²) < 4.78 is 5.37. The summed E-state index contributed by atoms with van der Waals surface area (Å²) in [5.41, 5.74) is 2.43. The predicted molar refractivity (Wildman–Crippen MR) is 99.0 cm³/mol. The van der Waals surface area contributed by atoms with Gasteiger partial charge in [-0.3, -0.25) is 4.99 Å². The van der Waals surface area contributed by atoms with Crippen molar-refractivity contribution < 1.29 is 9.53 Å². The van der Waals surface area contributed by atoms with E-state index >= 15 is 0 Å². The van der Waals surface area contributed by atoms with Crippen molar-refractivity contribution in [2.75, 3.05) is 26.7 Å². The molecule has 0 radical (unpaired) electrons. The lowest BCUT2D eigenvalue weighted by Crippen LogP contribution is -2.63. The molecule has 1 fully saturated rings. The van der Waals surface area contributed by atoms with Gasteiger partial charge >= 0.3 is 6.09 Å². The Hall–Kier alpha value is -2.24. The van der Waals surface area contributed by atoms with Crippen LogP contribution in [-0.2, 0) is 11.2 Å². The van der Waals surface area contributed by atoms with E-state index in [1.807, 2.05) is 20.8 Å². The molecule has 0 saturated carbocycles. The number of fused-ring (bicyclic) bond motifs is 1. The number of ether oxygens (including phenoxy) is 1. The number of nitrogens with zero attached hydrogens (tertiary/aromatic N) is 2. The molecule has 1 amide bonds. The van der Waals surface area contributed by atoms with Gasteiger partial charge in [0.15, 0.2) is 5.96 Å². The lowest BCUT2D eigenvalue weighted by molar-refractivity contribution is 0.00701. The van der Waals surface area contributed by atoms with E-state index in [9.17, 15) is 4.79 Å². The van der Waals surface area contributed by atoms with Crippen molar-refractivity contribution in [3.05, 3.63) is 35.4 Å². The van der Waals surface area contributed by atoms with Gasteiger partial charge in [0, 0.05) is 32.6 Å². The quantitative estimate of drug-likeness (QED) is 0.651. The van der Waals surface area contributed by atoms with Crippen molar-refractivity contribution in [3.63, 3.8) is 0 Å². The molecule has 1 saturated heterocycles. The van der Waals surface area contributed by atoms with E-state index in [1.54, 1.807) is 11.9 Å². The van der Waals surface area contributed by atoms with Gasteiger partial charge in [0.2, 0.25) is 0 Å². The molecule has 136 valence electrons. The van der Waals surface area contributed by atoms with Crippen LogP contribution in [-0.4, -0.2) is 55.3 Å². The van der Waals surface area contributed by atoms with Crippen molar-refractivity contribution in [2.45, 2.75) is 44.8 Å². The van der Waals surface area contributed by atoms with E-state index in [2.05, 4.69) is 39.9 Å². The van der Waals surface area contributed by atoms with Gasteiger partial charge in [0.25, 0.3) is 0 Å². The maximum atomic E-state index is 12.0. The Morgan fingerprint density at radius 2 is 2.04 bits per heavy atom. The largest absolute Gasteiger partial charge is 0.444 e. The summed E-state index contributed by atoms with van der Waals surface area (Å²) in [4.78, 5) is 17.9. The molecular formula is C19H28N4O2. The molecular weight excluding hydrogens is 316 g/mol. The molecule has 6 nitrogen and oxygen atoms in total.